The monoisotopic (exact) mass is 391 g/mol. The van der Waals surface area contributed by atoms with Gasteiger partial charge in [-0.25, -0.2) is 0 Å². The van der Waals surface area contributed by atoms with Gasteiger partial charge in [-0.15, -0.1) is 0 Å². The van der Waals surface area contributed by atoms with Crippen molar-refractivity contribution in [1.29, 1.82) is 0 Å². The highest BCUT2D eigenvalue weighted by Crippen LogP contribution is 2.41. The molecule has 1 aliphatic heterocycles. The molecule has 1 aliphatic rings. The second kappa shape index (κ2) is 7.98. The molecule has 0 saturated carbocycles. The molecule has 1 aromatic carbocycles. The van der Waals surface area contributed by atoms with Crippen LogP contribution in [0.4, 0.5) is 0 Å². The van der Waals surface area contributed by atoms with Gasteiger partial charge in [-0.05, 0) is 70.7 Å². The maximum absolute atomic E-state index is 6.75. The number of hydrogen-bond donors (Lipinski definition) is 0. The maximum Gasteiger partial charge on any atom is 0.192 e. The first-order valence-electron chi connectivity index (χ1n) is 10.4. The summed E-state index contributed by atoms with van der Waals surface area (Å²) < 4.78 is 6.58. The van der Waals surface area contributed by atoms with Gasteiger partial charge in [0.1, 0.15) is 6.10 Å². The Bertz CT molecular complexity index is 589. The lowest BCUT2D eigenvalue weighted by molar-refractivity contribution is -0.310. The predicted molar refractivity (Wildman–Crippen MR) is 117 cm³/mol. The van der Waals surface area contributed by atoms with E-state index in [4.69, 9.17) is 9.26 Å². The lowest BCUT2D eigenvalue weighted by Gasteiger charge is -2.52. The van der Waals surface area contributed by atoms with E-state index in [-0.39, 0.29) is 22.2 Å². The normalized spacial score (nSPS) is 21.8. The van der Waals surface area contributed by atoms with Gasteiger partial charge < -0.3 is 4.43 Å². The third-order valence-corrected chi connectivity index (χ3v) is 11.0. The molecule has 1 unspecified atom stereocenters. The summed E-state index contributed by atoms with van der Waals surface area (Å²) >= 11 is 0. The number of hydrogen-bond acceptors (Lipinski definition) is 3. The van der Waals surface area contributed by atoms with Crippen molar-refractivity contribution in [3.8, 4) is 0 Å². The summed E-state index contributed by atoms with van der Waals surface area (Å²) in [6.45, 7) is 21.3. The van der Waals surface area contributed by atoms with Crippen LogP contribution in [0.15, 0.2) is 30.3 Å². The van der Waals surface area contributed by atoms with E-state index >= 15 is 0 Å². The van der Waals surface area contributed by atoms with Gasteiger partial charge in [0.2, 0.25) is 0 Å². The highest BCUT2D eigenvalue weighted by molar-refractivity contribution is 6.74. The third-order valence-electron chi connectivity index (χ3n) is 6.48. The first kappa shape index (κ1) is 22.6. The first-order chi connectivity index (χ1) is 12.3. The molecule has 0 amide bonds. The summed E-state index contributed by atoms with van der Waals surface area (Å²) in [5, 5.41) is 2.45. The van der Waals surface area contributed by atoms with Gasteiger partial charge in [0.15, 0.2) is 8.32 Å². The Kier molecular flexibility index (Phi) is 6.68. The SMILES string of the molecule is CC1(C)CCCC(C)(C)N1OC(CO[Si](C)(C)C(C)(C)C)c1ccccc1. The Morgan fingerprint density at radius 2 is 1.52 bits per heavy atom. The van der Waals surface area contributed by atoms with Gasteiger partial charge in [0, 0.05) is 11.1 Å². The average molecular weight is 392 g/mol. The van der Waals surface area contributed by atoms with Gasteiger partial charge in [0.25, 0.3) is 0 Å². The molecule has 0 N–H and O–H groups in total. The smallest absolute Gasteiger partial charge is 0.192 e. The van der Waals surface area contributed by atoms with Crippen molar-refractivity contribution in [3.05, 3.63) is 35.9 Å². The first-order valence-corrected chi connectivity index (χ1v) is 13.3. The van der Waals surface area contributed by atoms with Crippen molar-refractivity contribution in [2.75, 3.05) is 6.61 Å². The fourth-order valence-electron chi connectivity index (χ4n) is 3.74. The number of rotatable bonds is 6. The van der Waals surface area contributed by atoms with E-state index in [9.17, 15) is 0 Å². The fraction of sp³-hybridized carbons (Fsp3) is 0.739. The van der Waals surface area contributed by atoms with Crippen molar-refractivity contribution < 1.29 is 9.26 Å². The standard InChI is InChI=1S/C23H41NO2Si/c1-21(2,3)27(8,9)25-18-20(19-14-11-10-12-15-19)26-24-22(4,5)16-13-17-23(24,6)7/h10-12,14-15,20H,13,16-18H2,1-9H3. The van der Waals surface area contributed by atoms with Crippen LogP contribution in [0, 0.1) is 0 Å². The average Bonchev–Trinajstić information content (AvgIpc) is 2.52. The number of benzene rings is 1. The van der Waals surface area contributed by atoms with Gasteiger partial charge in [-0.3, -0.25) is 4.84 Å². The van der Waals surface area contributed by atoms with Crippen molar-refractivity contribution in [2.45, 2.75) is 103 Å². The molecular weight excluding hydrogens is 350 g/mol. The molecule has 154 valence electrons. The molecule has 0 aromatic heterocycles. The second-order valence-electron chi connectivity index (χ2n) is 10.8. The summed E-state index contributed by atoms with van der Waals surface area (Å²) in [6.07, 6.45) is 3.47. The molecule has 2 rings (SSSR count). The molecule has 0 radical (unpaired) electrons. The van der Waals surface area contributed by atoms with Crippen LogP contribution >= 0.6 is 0 Å². The minimum atomic E-state index is -1.84. The van der Waals surface area contributed by atoms with Gasteiger partial charge in [-0.1, -0.05) is 51.1 Å². The maximum atomic E-state index is 6.75. The fourth-order valence-corrected chi connectivity index (χ4v) is 4.75. The van der Waals surface area contributed by atoms with E-state index in [2.05, 4.69) is 97.0 Å². The molecule has 27 heavy (non-hydrogen) atoms. The molecule has 1 saturated heterocycles. The Labute approximate surface area is 168 Å². The summed E-state index contributed by atoms with van der Waals surface area (Å²) in [6, 6.07) is 10.5. The van der Waals surface area contributed by atoms with Gasteiger partial charge in [-0.2, -0.15) is 5.06 Å². The van der Waals surface area contributed by atoms with Crippen LogP contribution in [-0.4, -0.2) is 31.1 Å². The summed E-state index contributed by atoms with van der Waals surface area (Å²) in [5.74, 6) is 0. The van der Waals surface area contributed by atoms with Crippen LogP contribution in [0.3, 0.4) is 0 Å². The van der Waals surface area contributed by atoms with Crippen LogP contribution in [0.1, 0.15) is 79.4 Å². The van der Waals surface area contributed by atoms with Gasteiger partial charge in [0.05, 0.1) is 6.61 Å². The van der Waals surface area contributed by atoms with Crippen LogP contribution in [-0.2, 0) is 9.26 Å². The zero-order chi connectivity index (χ0) is 20.5. The molecule has 3 nitrogen and oxygen atoms in total. The van der Waals surface area contributed by atoms with E-state index in [0.717, 1.165) is 12.8 Å². The Hall–Kier alpha value is -0.683. The second-order valence-corrected chi connectivity index (χ2v) is 15.7. The summed E-state index contributed by atoms with van der Waals surface area (Å²) in [5.41, 5.74) is 1.23. The molecule has 1 aromatic rings. The number of hydroxylamine groups is 2. The van der Waals surface area contributed by atoms with E-state index in [1.807, 2.05) is 0 Å². The van der Waals surface area contributed by atoms with Crippen molar-refractivity contribution >= 4 is 8.32 Å². The predicted octanol–water partition coefficient (Wildman–Crippen LogP) is 6.72. The molecule has 4 heteroatoms. The molecule has 1 fully saturated rings. The highest BCUT2D eigenvalue weighted by atomic mass is 28.4. The molecule has 0 spiro atoms. The van der Waals surface area contributed by atoms with E-state index in [1.165, 1.54) is 12.0 Å². The minimum absolute atomic E-state index is 0.0196. The van der Waals surface area contributed by atoms with Crippen molar-refractivity contribution in [2.24, 2.45) is 0 Å². The molecule has 0 aliphatic carbocycles. The number of piperidine rings is 1. The van der Waals surface area contributed by atoms with E-state index < -0.39 is 8.32 Å². The van der Waals surface area contributed by atoms with Crippen LogP contribution < -0.4 is 0 Å². The minimum Gasteiger partial charge on any atom is -0.414 e. The van der Waals surface area contributed by atoms with E-state index in [1.54, 1.807) is 0 Å². The van der Waals surface area contributed by atoms with Crippen LogP contribution in [0.5, 0.6) is 0 Å². The van der Waals surface area contributed by atoms with Crippen LogP contribution in [0.2, 0.25) is 18.1 Å². The van der Waals surface area contributed by atoms with Crippen LogP contribution in [0.25, 0.3) is 0 Å². The summed E-state index contributed by atoms with van der Waals surface area (Å²) in [7, 11) is -1.84. The Morgan fingerprint density at radius 3 is 2.00 bits per heavy atom. The van der Waals surface area contributed by atoms with Crippen molar-refractivity contribution in [3.63, 3.8) is 0 Å². The Balaban J connectivity index is 2.26. The summed E-state index contributed by atoms with van der Waals surface area (Å²) in [4.78, 5) is 6.75. The lowest BCUT2D eigenvalue weighted by atomic mass is 9.82. The molecule has 1 atom stereocenters. The van der Waals surface area contributed by atoms with E-state index in [0.29, 0.717) is 6.61 Å². The molecular formula is C23H41NO2Si. The largest absolute Gasteiger partial charge is 0.414 e. The molecule has 1 heterocycles. The van der Waals surface area contributed by atoms with Crippen molar-refractivity contribution in [1.82, 2.24) is 5.06 Å². The Morgan fingerprint density at radius 1 is 1.00 bits per heavy atom. The quantitative estimate of drug-likeness (QED) is 0.502. The number of nitrogens with zero attached hydrogens (tertiary/aromatic N) is 1. The topological polar surface area (TPSA) is 21.7 Å². The zero-order valence-electron chi connectivity index (χ0n) is 19.1. The highest BCUT2D eigenvalue weighted by Gasteiger charge is 2.44. The lowest BCUT2D eigenvalue weighted by Crippen LogP contribution is -2.58. The zero-order valence-corrected chi connectivity index (χ0v) is 20.1. The molecule has 0 bridgehead atoms. The van der Waals surface area contributed by atoms with Gasteiger partial charge >= 0.3 is 0 Å². The third kappa shape index (κ3) is 5.44.